The number of amides is 1. The standard InChI is InChI=1S/C22H31N3O2/c26-22(16-3-1-4-16)25-14-11-20-17(15-25)7-8-21(23-20)27-19-9-12-24(13-10-19)18-5-2-6-18/h7-8,16,18-19H,1-6,9-15H2. The van der Waals surface area contributed by atoms with Crippen LogP contribution >= 0.6 is 0 Å². The molecule has 4 aliphatic rings. The molecule has 146 valence electrons. The number of pyridine rings is 1. The summed E-state index contributed by atoms with van der Waals surface area (Å²) >= 11 is 0. The van der Waals surface area contributed by atoms with Crippen molar-refractivity contribution in [1.82, 2.24) is 14.8 Å². The van der Waals surface area contributed by atoms with E-state index in [1.807, 2.05) is 11.0 Å². The average Bonchev–Trinajstić information content (AvgIpc) is 2.60. The van der Waals surface area contributed by atoms with E-state index in [-0.39, 0.29) is 5.92 Å². The van der Waals surface area contributed by atoms with Gasteiger partial charge in [-0.1, -0.05) is 18.9 Å². The number of likely N-dealkylation sites (tertiary alicyclic amines) is 1. The Morgan fingerprint density at radius 1 is 1.00 bits per heavy atom. The number of hydrogen-bond acceptors (Lipinski definition) is 4. The van der Waals surface area contributed by atoms with Crippen LogP contribution in [0.1, 0.15) is 62.6 Å². The number of hydrogen-bond donors (Lipinski definition) is 0. The summed E-state index contributed by atoms with van der Waals surface area (Å²) in [7, 11) is 0. The van der Waals surface area contributed by atoms with E-state index < -0.39 is 0 Å². The summed E-state index contributed by atoms with van der Waals surface area (Å²) in [6.45, 7) is 3.85. The van der Waals surface area contributed by atoms with Crippen LogP contribution in [-0.2, 0) is 17.8 Å². The van der Waals surface area contributed by atoms with Crippen LogP contribution in [0.5, 0.6) is 5.88 Å². The Hall–Kier alpha value is -1.62. The van der Waals surface area contributed by atoms with Crippen molar-refractivity contribution < 1.29 is 9.53 Å². The van der Waals surface area contributed by atoms with Gasteiger partial charge in [-0.05, 0) is 44.1 Å². The smallest absolute Gasteiger partial charge is 0.225 e. The highest BCUT2D eigenvalue weighted by molar-refractivity contribution is 5.79. The van der Waals surface area contributed by atoms with Gasteiger partial charge in [-0.3, -0.25) is 4.79 Å². The van der Waals surface area contributed by atoms with Crippen molar-refractivity contribution in [2.75, 3.05) is 19.6 Å². The molecular formula is C22H31N3O2. The molecule has 27 heavy (non-hydrogen) atoms. The van der Waals surface area contributed by atoms with Crippen LogP contribution in [0.3, 0.4) is 0 Å². The minimum absolute atomic E-state index is 0.285. The van der Waals surface area contributed by atoms with E-state index in [0.717, 1.165) is 62.8 Å². The van der Waals surface area contributed by atoms with Crippen LogP contribution in [0.2, 0.25) is 0 Å². The van der Waals surface area contributed by atoms with Gasteiger partial charge in [0.05, 0.1) is 5.69 Å². The lowest BCUT2D eigenvalue weighted by Gasteiger charge is -2.41. The molecule has 0 radical (unpaired) electrons. The van der Waals surface area contributed by atoms with Gasteiger partial charge in [0.25, 0.3) is 0 Å². The van der Waals surface area contributed by atoms with E-state index in [0.29, 0.717) is 12.0 Å². The van der Waals surface area contributed by atoms with Gasteiger partial charge in [-0.25, -0.2) is 4.98 Å². The molecule has 0 N–H and O–H groups in total. The Morgan fingerprint density at radius 2 is 1.78 bits per heavy atom. The zero-order valence-electron chi connectivity index (χ0n) is 16.2. The summed E-state index contributed by atoms with van der Waals surface area (Å²) in [6.07, 6.45) is 10.9. The summed E-state index contributed by atoms with van der Waals surface area (Å²) < 4.78 is 6.22. The Labute approximate surface area is 162 Å². The zero-order valence-corrected chi connectivity index (χ0v) is 16.2. The van der Waals surface area contributed by atoms with E-state index in [4.69, 9.17) is 9.72 Å². The van der Waals surface area contributed by atoms with Crippen molar-refractivity contribution in [3.63, 3.8) is 0 Å². The number of aromatic nitrogens is 1. The summed E-state index contributed by atoms with van der Waals surface area (Å²) in [5, 5.41) is 0. The molecule has 3 heterocycles. The lowest BCUT2D eigenvalue weighted by molar-refractivity contribution is -0.139. The number of rotatable bonds is 4. The fourth-order valence-corrected chi connectivity index (χ4v) is 4.84. The summed E-state index contributed by atoms with van der Waals surface area (Å²) in [4.78, 5) is 22.0. The van der Waals surface area contributed by atoms with Crippen molar-refractivity contribution in [2.24, 2.45) is 5.92 Å². The highest BCUT2D eigenvalue weighted by Gasteiger charge is 2.32. The Balaban J connectivity index is 1.16. The summed E-state index contributed by atoms with van der Waals surface area (Å²) in [5.41, 5.74) is 2.32. The third-order valence-corrected chi connectivity index (χ3v) is 7.14. The molecule has 0 aromatic carbocycles. The summed E-state index contributed by atoms with van der Waals surface area (Å²) in [6, 6.07) is 4.98. The maximum Gasteiger partial charge on any atom is 0.225 e. The van der Waals surface area contributed by atoms with E-state index in [1.165, 1.54) is 44.3 Å². The first-order valence-electron chi connectivity index (χ1n) is 10.9. The van der Waals surface area contributed by atoms with E-state index in [2.05, 4.69) is 11.0 Å². The SMILES string of the molecule is O=C(C1CCC1)N1CCc2nc(OC3CCN(C4CCC4)CC3)ccc2C1. The molecular weight excluding hydrogens is 338 g/mol. The third kappa shape index (κ3) is 3.58. The van der Waals surface area contributed by atoms with Crippen LogP contribution in [0.25, 0.3) is 0 Å². The number of carbonyl (C=O) groups excluding carboxylic acids is 1. The lowest BCUT2D eigenvalue weighted by Crippen LogP contribution is -2.46. The predicted octanol–water partition coefficient (Wildman–Crippen LogP) is 3.16. The van der Waals surface area contributed by atoms with Gasteiger partial charge < -0.3 is 14.5 Å². The van der Waals surface area contributed by atoms with Crippen molar-refractivity contribution in [1.29, 1.82) is 0 Å². The van der Waals surface area contributed by atoms with Crippen LogP contribution in [0.15, 0.2) is 12.1 Å². The molecule has 2 aliphatic heterocycles. The average molecular weight is 370 g/mol. The zero-order chi connectivity index (χ0) is 18.2. The first kappa shape index (κ1) is 17.5. The topological polar surface area (TPSA) is 45.7 Å². The molecule has 0 bridgehead atoms. The molecule has 1 aromatic rings. The second-order valence-electron chi connectivity index (χ2n) is 8.83. The number of piperidine rings is 1. The molecule has 0 atom stereocenters. The normalized spacial score (nSPS) is 24.8. The van der Waals surface area contributed by atoms with Crippen molar-refractivity contribution in [3.05, 3.63) is 23.4 Å². The fourth-order valence-electron chi connectivity index (χ4n) is 4.84. The van der Waals surface area contributed by atoms with Crippen molar-refractivity contribution in [3.8, 4) is 5.88 Å². The first-order valence-corrected chi connectivity index (χ1v) is 10.9. The van der Waals surface area contributed by atoms with Crippen molar-refractivity contribution >= 4 is 5.91 Å². The van der Waals surface area contributed by atoms with E-state index in [9.17, 15) is 4.79 Å². The van der Waals surface area contributed by atoms with E-state index in [1.54, 1.807) is 0 Å². The quantitative estimate of drug-likeness (QED) is 0.818. The molecule has 2 aliphatic carbocycles. The third-order valence-electron chi connectivity index (χ3n) is 7.14. The molecule has 0 unspecified atom stereocenters. The second kappa shape index (κ2) is 7.42. The van der Waals surface area contributed by atoms with Gasteiger partial charge in [0.1, 0.15) is 6.10 Å². The molecule has 1 aromatic heterocycles. The van der Waals surface area contributed by atoms with Gasteiger partial charge >= 0.3 is 0 Å². The predicted molar refractivity (Wildman–Crippen MR) is 104 cm³/mol. The Kier molecular flexibility index (Phi) is 4.80. The highest BCUT2D eigenvalue weighted by Crippen LogP contribution is 2.31. The number of ether oxygens (including phenoxy) is 1. The molecule has 2 saturated carbocycles. The molecule has 1 saturated heterocycles. The van der Waals surface area contributed by atoms with Crippen LogP contribution in [-0.4, -0.2) is 52.5 Å². The van der Waals surface area contributed by atoms with Crippen LogP contribution < -0.4 is 4.74 Å². The molecule has 1 amide bonds. The minimum atomic E-state index is 0.285. The Morgan fingerprint density at radius 3 is 2.44 bits per heavy atom. The van der Waals surface area contributed by atoms with Gasteiger partial charge in [0.2, 0.25) is 11.8 Å². The van der Waals surface area contributed by atoms with E-state index >= 15 is 0 Å². The minimum Gasteiger partial charge on any atom is -0.474 e. The van der Waals surface area contributed by atoms with Gasteiger partial charge in [-0.15, -0.1) is 0 Å². The number of carbonyl (C=O) groups is 1. The largest absolute Gasteiger partial charge is 0.474 e. The van der Waals surface area contributed by atoms with Crippen molar-refractivity contribution in [2.45, 2.75) is 76.5 Å². The molecule has 0 spiro atoms. The second-order valence-corrected chi connectivity index (χ2v) is 8.83. The molecule has 5 heteroatoms. The molecule has 5 rings (SSSR count). The number of fused-ring (bicyclic) bond motifs is 1. The molecule has 5 nitrogen and oxygen atoms in total. The lowest BCUT2D eigenvalue weighted by atomic mass is 9.84. The fraction of sp³-hybridized carbons (Fsp3) is 0.727. The van der Waals surface area contributed by atoms with Gasteiger partial charge in [0.15, 0.2) is 0 Å². The maximum atomic E-state index is 12.5. The highest BCUT2D eigenvalue weighted by atomic mass is 16.5. The van der Waals surface area contributed by atoms with Gasteiger partial charge in [0, 0.05) is 50.6 Å². The van der Waals surface area contributed by atoms with Crippen LogP contribution in [0.4, 0.5) is 0 Å². The Bertz CT molecular complexity index is 691. The first-order chi connectivity index (χ1) is 13.3. The monoisotopic (exact) mass is 369 g/mol. The number of nitrogens with zero attached hydrogens (tertiary/aromatic N) is 3. The molecule has 3 fully saturated rings. The summed E-state index contributed by atoms with van der Waals surface area (Å²) in [5.74, 6) is 1.41. The van der Waals surface area contributed by atoms with Gasteiger partial charge in [-0.2, -0.15) is 0 Å². The maximum absolute atomic E-state index is 12.5. The van der Waals surface area contributed by atoms with Crippen LogP contribution in [0, 0.1) is 5.92 Å².